The van der Waals surface area contributed by atoms with Crippen molar-refractivity contribution in [1.82, 2.24) is 9.78 Å². The Balaban J connectivity index is 2.11. The quantitative estimate of drug-likeness (QED) is 0.780. The van der Waals surface area contributed by atoms with Crippen LogP contribution < -0.4 is 5.73 Å². The fourth-order valence-electron chi connectivity index (χ4n) is 1.96. The van der Waals surface area contributed by atoms with E-state index in [0.29, 0.717) is 5.69 Å². The normalized spacial score (nSPS) is 10.6. The first kappa shape index (κ1) is 12.0. The molecular weight excluding hydrogens is 302 g/mol. The van der Waals surface area contributed by atoms with Gasteiger partial charge in [-0.15, -0.1) is 0 Å². The number of benzene rings is 2. The highest BCUT2D eigenvalue weighted by Crippen LogP contribution is 2.31. The number of nitrogen functional groups attached to an aromatic ring is 1. The summed E-state index contributed by atoms with van der Waals surface area (Å²) in [5.41, 5.74) is 9.51. The number of rotatable bonds is 2. The zero-order valence-corrected chi connectivity index (χ0v) is 11.7. The average Bonchev–Trinajstić information content (AvgIpc) is 2.82. The maximum atomic E-state index is 6.08. The van der Waals surface area contributed by atoms with Crippen molar-refractivity contribution in [2.75, 3.05) is 5.73 Å². The van der Waals surface area contributed by atoms with E-state index < -0.39 is 0 Å². The summed E-state index contributed by atoms with van der Waals surface area (Å²) < 4.78 is 2.78. The Morgan fingerprint density at radius 3 is 2.37 bits per heavy atom. The summed E-state index contributed by atoms with van der Waals surface area (Å²) >= 11 is 3.53. The van der Waals surface area contributed by atoms with E-state index in [2.05, 4.69) is 21.0 Å². The van der Waals surface area contributed by atoms with Gasteiger partial charge < -0.3 is 5.73 Å². The minimum atomic E-state index is 0.663. The van der Waals surface area contributed by atoms with Crippen LogP contribution in [0.5, 0.6) is 0 Å². The average molecular weight is 314 g/mol. The zero-order valence-electron chi connectivity index (χ0n) is 10.1. The Morgan fingerprint density at radius 1 is 0.947 bits per heavy atom. The molecule has 1 heterocycles. The predicted molar refractivity (Wildman–Crippen MR) is 81.1 cm³/mol. The van der Waals surface area contributed by atoms with Gasteiger partial charge in [0.1, 0.15) is 5.69 Å². The molecule has 0 aliphatic heterocycles. The molecule has 3 rings (SSSR count). The Morgan fingerprint density at radius 2 is 1.63 bits per heavy atom. The van der Waals surface area contributed by atoms with Gasteiger partial charge in [0, 0.05) is 10.0 Å². The third-order valence-corrected chi connectivity index (χ3v) is 3.58. The largest absolute Gasteiger partial charge is 0.396 e. The van der Waals surface area contributed by atoms with Crippen LogP contribution in [-0.2, 0) is 0 Å². The second kappa shape index (κ2) is 4.90. The molecule has 0 amide bonds. The van der Waals surface area contributed by atoms with Crippen molar-refractivity contribution >= 4 is 21.6 Å². The summed E-state index contributed by atoms with van der Waals surface area (Å²) in [6, 6.07) is 17.8. The molecule has 0 radical (unpaired) electrons. The molecule has 1 aromatic heterocycles. The molecule has 0 saturated carbocycles. The van der Waals surface area contributed by atoms with E-state index in [9.17, 15) is 0 Å². The lowest BCUT2D eigenvalue weighted by molar-refractivity contribution is 0.884. The van der Waals surface area contributed by atoms with Gasteiger partial charge in [-0.05, 0) is 18.2 Å². The van der Waals surface area contributed by atoms with Crippen LogP contribution in [0.3, 0.4) is 0 Å². The molecule has 0 aliphatic carbocycles. The molecule has 4 heteroatoms. The van der Waals surface area contributed by atoms with Crippen molar-refractivity contribution in [3.8, 4) is 16.9 Å². The van der Waals surface area contributed by atoms with Crippen LogP contribution >= 0.6 is 15.9 Å². The third-order valence-electron chi connectivity index (χ3n) is 2.89. The summed E-state index contributed by atoms with van der Waals surface area (Å²) in [4.78, 5) is 0. The number of para-hydroxylation sites is 1. The van der Waals surface area contributed by atoms with Crippen LogP contribution in [0.4, 0.5) is 5.69 Å². The summed E-state index contributed by atoms with van der Waals surface area (Å²) in [5, 5.41) is 4.57. The van der Waals surface area contributed by atoms with Gasteiger partial charge in [0.2, 0.25) is 0 Å². The Kier molecular flexibility index (Phi) is 3.09. The molecule has 0 spiro atoms. The van der Waals surface area contributed by atoms with E-state index in [1.807, 2.05) is 60.8 Å². The van der Waals surface area contributed by atoms with Gasteiger partial charge in [0.25, 0.3) is 0 Å². The molecular formula is C15H12BrN3. The monoisotopic (exact) mass is 313 g/mol. The summed E-state index contributed by atoms with van der Waals surface area (Å²) in [7, 11) is 0. The van der Waals surface area contributed by atoms with Gasteiger partial charge in [0.15, 0.2) is 0 Å². The number of anilines is 1. The first-order chi connectivity index (χ1) is 9.25. The Labute approximate surface area is 119 Å². The van der Waals surface area contributed by atoms with Crippen molar-refractivity contribution in [2.24, 2.45) is 0 Å². The predicted octanol–water partition coefficient (Wildman–Crippen LogP) is 3.88. The number of hydrogen-bond donors (Lipinski definition) is 1. The smallest absolute Gasteiger partial charge is 0.117 e. The van der Waals surface area contributed by atoms with Gasteiger partial charge in [0.05, 0.1) is 17.6 Å². The molecule has 94 valence electrons. The minimum Gasteiger partial charge on any atom is -0.396 e. The summed E-state index contributed by atoms with van der Waals surface area (Å²) in [6.07, 6.45) is 1.84. The Bertz CT molecular complexity index is 704. The molecule has 19 heavy (non-hydrogen) atoms. The van der Waals surface area contributed by atoms with E-state index in [-0.39, 0.29) is 0 Å². The van der Waals surface area contributed by atoms with E-state index in [0.717, 1.165) is 21.4 Å². The second-order valence-corrected chi connectivity index (χ2v) is 5.05. The molecule has 2 aromatic carbocycles. The van der Waals surface area contributed by atoms with Gasteiger partial charge in [-0.3, -0.25) is 0 Å². The number of nitrogens with two attached hydrogens (primary N) is 1. The number of halogens is 1. The lowest BCUT2D eigenvalue weighted by Crippen LogP contribution is -1.94. The highest BCUT2D eigenvalue weighted by Gasteiger charge is 2.11. The first-order valence-corrected chi connectivity index (χ1v) is 6.70. The molecule has 0 unspecified atom stereocenters. The highest BCUT2D eigenvalue weighted by molar-refractivity contribution is 9.10. The van der Waals surface area contributed by atoms with Crippen molar-refractivity contribution in [2.45, 2.75) is 0 Å². The Hall–Kier alpha value is -2.07. The van der Waals surface area contributed by atoms with Crippen molar-refractivity contribution in [3.63, 3.8) is 0 Å². The van der Waals surface area contributed by atoms with Gasteiger partial charge in [-0.2, -0.15) is 5.10 Å². The van der Waals surface area contributed by atoms with Crippen molar-refractivity contribution in [1.29, 1.82) is 0 Å². The van der Waals surface area contributed by atoms with Crippen LogP contribution in [0, 0.1) is 0 Å². The molecule has 3 aromatic rings. The van der Waals surface area contributed by atoms with Gasteiger partial charge >= 0.3 is 0 Å². The van der Waals surface area contributed by atoms with Crippen molar-refractivity contribution in [3.05, 3.63) is 65.3 Å². The molecule has 3 nitrogen and oxygen atoms in total. The maximum Gasteiger partial charge on any atom is 0.117 e. The minimum absolute atomic E-state index is 0.663. The van der Waals surface area contributed by atoms with Gasteiger partial charge in [-0.1, -0.05) is 52.3 Å². The van der Waals surface area contributed by atoms with Gasteiger partial charge in [-0.25, -0.2) is 4.68 Å². The van der Waals surface area contributed by atoms with E-state index in [1.165, 1.54) is 0 Å². The summed E-state index contributed by atoms with van der Waals surface area (Å²) in [5.74, 6) is 0. The summed E-state index contributed by atoms with van der Waals surface area (Å²) in [6.45, 7) is 0. The fourth-order valence-corrected chi connectivity index (χ4v) is 2.44. The molecule has 0 saturated heterocycles. The molecule has 0 bridgehead atoms. The number of aromatic nitrogens is 2. The maximum absolute atomic E-state index is 6.08. The molecule has 0 fully saturated rings. The van der Waals surface area contributed by atoms with E-state index in [1.54, 1.807) is 4.68 Å². The van der Waals surface area contributed by atoms with Crippen LogP contribution in [0.2, 0.25) is 0 Å². The SMILES string of the molecule is Nc1cn(-c2ccccc2)nc1-c1ccccc1Br. The first-order valence-electron chi connectivity index (χ1n) is 5.91. The lowest BCUT2D eigenvalue weighted by atomic mass is 10.1. The zero-order chi connectivity index (χ0) is 13.2. The molecule has 0 atom stereocenters. The van der Waals surface area contributed by atoms with Crippen molar-refractivity contribution < 1.29 is 0 Å². The van der Waals surface area contributed by atoms with Crippen LogP contribution in [0.15, 0.2) is 65.3 Å². The fraction of sp³-hybridized carbons (Fsp3) is 0. The molecule has 0 aliphatic rings. The highest BCUT2D eigenvalue weighted by atomic mass is 79.9. The van der Waals surface area contributed by atoms with E-state index >= 15 is 0 Å². The van der Waals surface area contributed by atoms with E-state index in [4.69, 9.17) is 5.73 Å². The van der Waals surface area contributed by atoms with Crippen LogP contribution in [0.1, 0.15) is 0 Å². The second-order valence-electron chi connectivity index (χ2n) is 4.19. The lowest BCUT2D eigenvalue weighted by Gasteiger charge is -2.02. The van der Waals surface area contributed by atoms with Crippen LogP contribution in [-0.4, -0.2) is 9.78 Å². The number of hydrogen-bond acceptors (Lipinski definition) is 2. The topological polar surface area (TPSA) is 43.8 Å². The molecule has 2 N–H and O–H groups in total. The third kappa shape index (κ3) is 2.27. The number of nitrogens with zero attached hydrogens (tertiary/aromatic N) is 2. The van der Waals surface area contributed by atoms with Crippen LogP contribution in [0.25, 0.3) is 16.9 Å². The standard InChI is InChI=1S/C15H12BrN3/c16-13-9-5-4-8-12(13)15-14(17)10-19(18-15)11-6-2-1-3-7-11/h1-10H,17H2.